The van der Waals surface area contributed by atoms with Gasteiger partial charge in [-0.1, -0.05) is 48.2 Å². The van der Waals surface area contributed by atoms with E-state index in [0.29, 0.717) is 40.5 Å². The molecule has 0 aliphatic heterocycles. The van der Waals surface area contributed by atoms with Gasteiger partial charge in [-0.3, -0.25) is 9.36 Å². The molecule has 0 fully saturated rings. The molecule has 31 heavy (non-hydrogen) atoms. The topological polar surface area (TPSA) is 82.2 Å². The van der Waals surface area contributed by atoms with Crippen LogP contribution in [0, 0.1) is 0 Å². The predicted molar refractivity (Wildman–Crippen MR) is 120 cm³/mol. The Morgan fingerprint density at radius 1 is 1.10 bits per heavy atom. The largest absolute Gasteiger partial charge is 0.461 e. The van der Waals surface area contributed by atoms with Gasteiger partial charge in [-0.2, -0.15) is 0 Å². The number of carbonyl (C=O) groups is 1. The number of amides is 1. The Morgan fingerprint density at radius 2 is 1.90 bits per heavy atom. The molecule has 2 aromatic carbocycles. The van der Waals surface area contributed by atoms with E-state index in [1.807, 2.05) is 59.2 Å². The van der Waals surface area contributed by atoms with Crippen LogP contribution in [-0.2, 0) is 11.3 Å². The van der Waals surface area contributed by atoms with Crippen molar-refractivity contribution in [2.45, 2.75) is 11.7 Å². The lowest BCUT2D eigenvalue weighted by molar-refractivity contribution is -0.113. The smallest absolute Gasteiger partial charge is 0.234 e. The molecule has 0 aliphatic rings. The van der Waals surface area contributed by atoms with Crippen LogP contribution in [0.4, 0.5) is 5.69 Å². The Labute approximate surface area is 183 Å². The van der Waals surface area contributed by atoms with Crippen LogP contribution >= 0.6 is 11.8 Å². The average molecular weight is 433 g/mol. The molecule has 0 aliphatic carbocycles. The summed E-state index contributed by atoms with van der Waals surface area (Å²) >= 11 is 1.29. The van der Waals surface area contributed by atoms with Crippen LogP contribution in [0.1, 0.15) is 0 Å². The molecule has 7 nitrogen and oxygen atoms in total. The van der Waals surface area contributed by atoms with Crippen molar-refractivity contribution in [3.63, 3.8) is 0 Å². The van der Waals surface area contributed by atoms with Crippen LogP contribution in [-0.4, -0.2) is 26.4 Å². The first kappa shape index (κ1) is 20.5. The molecule has 1 amide bonds. The number of nitrogens with one attached hydrogen (secondary N) is 1. The predicted octanol–water partition coefficient (Wildman–Crippen LogP) is 5.25. The van der Waals surface area contributed by atoms with E-state index in [1.165, 1.54) is 11.8 Å². The summed E-state index contributed by atoms with van der Waals surface area (Å²) in [4.78, 5) is 12.6. The van der Waals surface area contributed by atoms with Crippen molar-refractivity contribution < 1.29 is 13.9 Å². The Bertz CT molecular complexity index is 1160. The van der Waals surface area contributed by atoms with E-state index in [9.17, 15) is 4.79 Å². The van der Waals surface area contributed by atoms with Crippen LogP contribution in [0.25, 0.3) is 11.6 Å². The lowest BCUT2D eigenvalue weighted by Crippen LogP contribution is -2.15. The summed E-state index contributed by atoms with van der Waals surface area (Å²) in [5.74, 6) is 2.45. The number of nitrogens with zero attached hydrogens (tertiary/aromatic N) is 3. The zero-order chi connectivity index (χ0) is 21.5. The van der Waals surface area contributed by atoms with Crippen LogP contribution in [0.2, 0.25) is 0 Å². The van der Waals surface area contributed by atoms with Gasteiger partial charge < -0.3 is 14.5 Å². The number of benzene rings is 2. The molecular formula is C23H20N4O3S. The second-order valence-electron chi connectivity index (χ2n) is 6.43. The van der Waals surface area contributed by atoms with Gasteiger partial charge in [0.05, 0.1) is 17.7 Å². The molecule has 2 heterocycles. The summed E-state index contributed by atoms with van der Waals surface area (Å²) in [6.07, 6.45) is 3.33. The summed E-state index contributed by atoms with van der Waals surface area (Å²) in [6.45, 7) is 4.29. The lowest BCUT2D eigenvalue weighted by Gasteiger charge is -2.12. The molecule has 0 saturated heterocycles. The Morgan fingerprint density at radius 3 is 2.68 bits per heavy atom. The van der Waals surface area contributed by atoms with Gasteiger partial charge in [0.15, 0.2) is 16.7 Å². The van der Waals surface area contributed by atoms with E-state index in [1.54, 1.807) is 24.5 Å². The van der Waals surface area contributed by atoms with Crippen LogP contribution in [0.5, 0.6) is 11.5 Å². The first-order valence-corrected chi connectivity index (χ1v) is 10.6. The van der Waals surface area contributed by atoms with Gasteiger partial charge in [0.25, 0.3) is 0 Å². The number of allylic oxidation sites excluding steroid dienone is 1. The van der Waals surface area contributed by atoms with Crippen LogP contribution in [0.15, 0.2) is 95.2 Å². The zero-order valence-electron chi connectivity index (χ0n) is 16.6. The lowest BCUT2D eigenvalue weighted by atomic mass is 10.3. The minimum Gasteiger partial charge on any atom is -0.461 e. The molecule has 2 aromatic heterocycles. The molecule has 8 heteroatoms. The van der Waals surface area contributed by atoms with E-state index in [-0.39, 0.29) is 11.7 Å². The van der Waals surface area contributed by atoms with E-state index in [2.05, 4.69) is 22.1 Å². The number of para-hydroxylation sites is 3. The highest BCUT2D eigenvalue weighted by atomic mass is 32.2. The first-order chi connectivity index (χ1) is 15.2. The molecule has 4 rings (SSSR count). The molecule has 1 N–H and O–H groups in total. The number of furan rings is 1. The van der Waals surface area contributed by atoms with E-state index in [0.717, 1.165) is 0 Å². The summed E-state index contributed by atoms with van der Waals surface area (Å²) in [7, 11) is 0. The maximum Gasteiger partial charge on any atom is 0.234 e. The summed E-state index contributed by atoms with van der Waals surface area (Å²) in [5.41, 5.74) is 0.598. The molecule has 0 bridgehead atoms. The van der Waals surface area contributed by atoms with Crippen molar-refractivity contribution in [3.05, 3.63) is 85.6 Å². The third kappa shape index (κ3) is 5.04. The number of aromatic nitrogens is 3. The van der Waals surface area contributed by atoms with Gasteiger partial charge in [-0.05, 0) is 36.4 Å². The third-order valence-electron chi connectivity index (χ3n) is 4.23. The van der Waals surface area contributed by atoms with Crippen molar-refractivity contribution in [2.24, 2.45) is 0 Å². The minimum atomic E-state index is -0.179. The van der Waals surface area contributed by atoms with Gasteiger partial charge in [0.1, 0.15) is 5.75 Å². The maximum absolute atomic E-state index is 12.6. The van der Waals surface area contributed by atoms with Gasteiger partial charge >= 0.3 is 0 Å². The Balaban J connectivity index is 1.43. The van der Waals surface area contributed by atoms with Gasteiger partial charge in [-0.25, -0.2) is 0 Å². The summed E-state index contributed by atoms with van der Waals surface area (Å²) in [6, 6.07) is 20.3. The third-order valence-corrected chi connectivity index (χ3v) is 5.20. The van der Waals surface area contributed by atoms with Gasteiger partial charge in [0, 0.05) is 6.54 Å². The molecule has 0 radical (unpaired) electrons. The highest BCUT2D eigenvalue weighted by Gasteiger charge is 2.17. The number of anilines is 1. The quantitative estimate of drug-likeness (QED) is 0.287. The molecule has 4 aromatic rings. The monoisotopic (exact) mass is 432 g/mol. The van der Waals surface area contributed by atoms with Crippen molar-refractivity contribution in [3.8, 4) is 23.1 Å². The van der Waals surface area contributed by atoms with Gasteiger partial charge in [-0.15, -0.1) is 16.8 Å². The first-order valence-electron chi connectivity index (χ1n) is 9.57. The molecule has 0 saturated carbocycles. The number of thioether (sulfide) groups is 1. The number of carbonyl (C=O) groups excluding carboxylic acids is 1. The number of hydrogen-bond donors (Lipinski definition) is 1. The SMILES string of the molecule is C=CCn1c(SCC(=O)Nc2ccccc2Oc2ccccc2)nnc1-c1ccco1. The highest BCUT2D eigenvalue weighted by Crippen LogP contribution is 2.30. The standard InChI is InChI=1S/C23H20N4O3S/c1-2-14-27-22(20-13-8-15-29-20)25-26-23(27)31-16-21(28)24-18-11-6-7-12-19(18)30-17-9-4-3-5-10-17/h2-13,15H,1,14,16H2,(H,24,28). The van der Waals surface area contributed by atoms with Crippen molar-refractivity contribution in [1.82, 2.24) is 14.8 Å². The fourth-order valence-electron chi connectivity index (χ4n) is 2.87. The minimum absolute atomic E-state index is 0.160. The fraction of sp³-hybridized carbons (Fsp3) is 0.0870. The summed E-state index contributed by atoms with van der Waals surface area (Å²) < 4.78 is 13.2. The second kappa shape index (κ2) is 9.82. The molecular weight excluding hydrogens is 412 g/mol. The van der Waals surface area contributed by atoms with E-state index >= 15 is 0 Å². The number of rotatable bonds is 9. The molecule has 0 unspecified atom stereocenters. The number of ether oxygens (including phenoxy) is 1. The van der Waals surface area contributed by atoms with E-state index in [4.69, 9.17) is 9.15 Å². The second-order valence-corrected chi connectivity index (χ2v) is 7.37. The molecule has 0 spiro atoms. The zero-order valence-corrected chi connectivity index (χ0v) is 17.4. The van der Waals surface area contributed by atoms with Crippen molar-refractivity contribution >= 4 is 23.4 Å². The highest BCUT2D eigenvalue weighted by molar-refractivity contribution is 7.99. The summed E-state index contributed by atoms with van der Waals surface area (Å²) in [5, 5.41) is 11.9. The van der Waals surface area contributed by atoms with Gasteiger partial charge in [0.2, 0.25) is 11.7 Å². The Kier molecular flexibility index (Phi) is 6.49. The van der Waals surface area contributed by atoms with Crippen LogP contribution in [0.3, 0.4) is 0 Å². The van der Waals surface area contributed by atoms with E-state index < -0.39 is 0 Å². The van der Waals surface area contributed by atoms with Crippen molar-refractivity contribution in [1.29, 1.82) is 0 Å². The molecule has 156 valence electrons. The molecule has 0 atom stereocenters. The fourth-order valence-corrected chi connectivity index (χ4v) is 3.62. The maximum atomic E-state index is 12.6. The van der Waals surface area contributed by atoms with Crippen molar-refractivity contribution in [2.75, 3.05) is 11.1 Å². The Hall–Kier alpha value is -3.78. The van der Waals surface area contributed by atoms with Crippen LogP contribution < -0.4 is 10.1 Å². The normalized spacial score (nSPS) is 10.6. The number of hydrogen-bond acceptors (Lipinski definition) is 6. The average Bonchev–Trinajstić information content (AvgIpc) is 3.45.